The van der Waals surface area contributed by atoms with Gasteiger partial charge in [-0.3, -0.25) is 0 Å². The highest BCUT2D eigenvalue weighted by atomic mass is 79.9. The summed E-state index contributed by atoms with van der Waals surface area (Å²) in [5.74, 6) is 1.37. The van der Waals surface area contributed by atoms with Crippen LogP contribution in [0.25, 0.3) is 0 Å². The van der Waals surface area contributed by atoms with Crippen LogP contribution in [0.5, 0.6) is 5.75 Å². The molecule has 1 fully saturated rings. The van der Waals surface area contributed by atoms with Crippen LogP contribution >= 0.6 is 15.9 Å². The van der Waals surface area contributed by atoms with Crippen molar-refractivity contribution >= 4 is 26.0 Å². The molecule has 2 rings (SSSR count). The Labute approximate surface area is 142 Å². The Balaban J connectivity index is 2.29. The largest absolute Gasteiger partial charge is 0.492 e. The van der Waals surface area contributed by atoms with Gasteiger partial charge in [-0.2, -0.15) is 4.31 Å². The predicted octanol–water partition coefficient (Wildman–Crippen LogP) is 3.90. The summed E-state index contributed by atoms with van der Waals surface area (Å²) in [6, 6.07) is 5.01. The average molecular weight is 390 g/mol. The third-order valence-electron chi connectivity index (χ3n) is 3.84. The van der Waals surface area contributed by atoms with E-state index in [0.717, 1.165) is 17.3 Å². The monoisotopic (exact) mass is 389 g/mol. The number of halogens is 1. The van der Waals surface area contributed by atoms with Gasteiger partial charge < -0.3 is 4.74 Å². The van der Waals surface area contributed by atoms with E-state index in [2.05, 4.69) is 29.8 Å². The van der Waals surface area contributed by atoms with Crippen molar-refractivity contribution in [3.63, 3.8) is 0 Å². The normalized spacial score (nSPS) is 23.5. The number of ether oxygens (including phenoxy) is 1. The van der Waals surface area contributed by atoms with Crippen molar-refractivity contribution in [3.05, 3.63) is 22.7 Å². The molecule has 0 aromatic heterocycles. The number of benzene rings is 1. The molecule has 0 aliphatic carbocycles. The van der Waals surface area contributed by atoms with E-state index in [4.69, 9.17) is 4.74 Å². The second kappa shape index (κ2) is 7.32. The molecule has 0 amide bonds. The highest BCUT2D eigenvalue weighted by Gasteiger charge is 2.32. The van der Waals surface area contributed by atoms with E-state index in [1.165, 1.54) is 0 Å². The molecule has 2 atom stereocenters. The highest BCUT2D eigenvalue weighted by molar-refractivity contribution is 9.10. The number of nitrogens with zero attached hydrogens (tertiary/aromatic N) is 1. The maximum absolute atomic E-state index is 12.9. The van der Waals surface area contributed by atoms with Crippen molar-refractivity contribution in [3.8, 4) is 5.75 Å². The van der Waals surface area contributed by atoms with E-state index >= 15 is 0 Å². The standard InChI is InChI=1S/C16H24BrNO3S/c1-4-7-21-16-9-14(5-6-15(16)17)22(19,20)18-10-12(2)8-13(3)11-18/h5-6,9,12-13H,4,7-8,10-11H2,1-3H3. The first-order valence-corrected chi connectivity index (χ1v) is 10.0. The number of hydrogen-bond donors (Lipinski definition) is 0. The lowest BCUT2D eigenvalue weighted by Crippen LogP contribution is -2.42. The Kier molecular flexibility index (Phi) is 5.91. The van der Waals surface area contributed by atoms with Gasteiger partial charge in [-0.25, -0.2) is 8.42 Å². The van der Waals surface area contributed by atoms with Crippen molar-refractivity contribution in [1.29, 1.82) is 0 Å². The molecule has 4 nitrogen and oxygen atoms in total. The minimum Gasteiger partial charge on any atom is -0.492 e. The fourth-order valence-electron chi connectivity index (χ4n) is 2.92. The van der Waals surface area contributed by atoms with Crippen molar-refractivity contribution in [2.24, 2.45) is 11.8 Å². The third kappa shape index (κ3) is 4.03. The molecule has 1 aliphatic heterocycles. The molecule has 0 N–H and O–H groups in total. The van der Waals surface area contributed by atoms with Gasteiger partial charge in [0.1, 0.15) is 5.75 Å². The Morgan fingerprint density at radius 1 is 1.27 bits per heavy atom. The van der Waals surface area contributed by atoms with Gasteiger partial charge in [-0.05, 0) is 52.7 Å². The van der Waals surface area contributed by atoms with E-state index in [0.29, 0.717) is 42.2 Å². The zero-order valence-corrected chi connectivity index (χ0v) is 15.8. The summed E-state index contributed by atoms with van der Waals surface area (Å²) >= 11 is 3.41. The quantitative estimate of drug-likeness (QED) is 0.766. The van der Waals surface area contributed by atoms with Crippen LogP contribution in [0.4, 0.5) is 0 Å². The minimum absolute atomic E-state index is 0.308. The summed E-state index contributed by atoms with van der Waals surface area (Å²) in [5, 5.41) is 0. The molecule has 1 aliphatic rings. The summed E-state index contributed by atoms with van der Waals surface area (Å²) in [6.45, 7) is 7.98. The summed E-state index contributed by atoms with van der Waals surface area (Å²) in [7, 11) is -3.46. The van der Waals surface area contributed by atoms with Crippen molar-refractivity contribution < 1.29 is 13.2 Å². The molecule has 22 heavy (non-hydrogen) atoms. The van der Waals surface area contributed by atoms with E-state index in [9.17, 15) is 8.42 Å². The van der Waals surface area contributed by atoms with Crippen LogP contribution in [0.15, 0.2) is 27.6 Å². The lowest BCUT2D eigenvalue weighted by Gasteiger charge is -2.34. The van der Waals surface area contributed by atoms with Gasteiger partial charge >= 0.3 is 0 Å². The summed E-state index contributed by atoms with van der Waals surface area (Å²) in [6.07, 6.45) is 1.96. The molecule has 0 spiro atoms. The average Bonchev–Trinajstić information content (AvgIpc) is 2.45. The Bertz CT molecular complexity index is 608. The second-order valence-corrected chi connectivity index (χ2v) is 9.00. The molecule has 1 aromatic carbocycles. The molecule has 1 aromatic rings. The minimum atomic E-state index is -3.46. The van der Waals surface area contributed by atoms with Gasteiger partial charge in [0, 0.05) is 19.2 Å². The molecule has 0 saturated carbocycles. The maximum Gasteiger partial charge on any atom is 0.243 e. The first-order chi connectivity index (χ1) is 10.3. The van der Waals surface area contributed by atoms with Crippen LogP contribution < -0.4 is 4.74 Å². The molecule has 0 bridgehead atoms. The van der Waals surface area contributed by atoms with Gasteiger partial charge in [0.05, 0.1) is 16.0 Å². The van der Waals surface area contributed by atoms with Crippen LogP contribution in [0.2, 0.25) is 0 Å². The van der Waals surface area contributed by atoms with E-state index in [1.807, 2.05) is 6.92 Å². The maximum atomic E-state index is 12.9. The number of rotatable bonds is 5. The van der Waals surface area contributed by atoms with Crippen molar-refractivity contribution in [2.45, 2.75) is 38.5 Å². The van der Waals surface area contributed by atoms with Crippen LogP contribution in [-0.2, 0) is 10.0 Å². The van der Waals surface area contributed by atoms with E-state index in [-0.39, 0.29) is 0 Å². The fourth-order valence-corrected chi connectivity index (χ4v) is 4.97. The van der Waals surface area contributed by atoms with Crippen LogP contribution in [0.3, 0.4) is 0 Å². The number of piperidine rings is 1. The van der Waals surface area contributed by atoms with Crippen molar-refractivity contribution in [2.75, 3.05) is 19.7 Å². The Morgan fingerprint density at radius 2 is 1.91 bits per heavy atom. The third-order valence-corrected chi connectivity index (χ3v) is 6.32. The van der Waals surface area contributed by atoms with Crippen LogP contribution in [0, 0.1) is 11.8 Å². The smallest absolute Gasteiger partial charge is 0.243 e. The molecule has 1 saturated heterocycles. The molecular formula is C16H24BrNO3S. The second-order valence-electron chi connectivity index (χ2n) is 6.21. The predicted molar refractivity (Wildman–Crippen MR) is 91.6 cm³/mol. The van der Waals surface area contributed by atoms with Gasteiger partial charge in [0.2, 0.25) is 10.0 Å². The molecule has 124 valence electrons. The SMILES string of the molecule is CCCOc1cc(S(=O)(=O)N2CC(C)CC(C)C2)ccc1Br. The Hall–Kier alpha value is -0.590. The molecule has 1 heterocycles. The fraction of sp³-hybridized carbons (Fsp3) is 0.625. The lowest BCUT2D eigenvalue weighted by molar-refractivity contribution is 0.222. The molecular weight excluding hydrogens is 366 g/mol. The lowest BCUT2D eigenvalue weighted by atomic mass is 9.94. The van der Waals surface area contributed by atoms with Gasteiger partial charge in [0.15, 0.2) is 0 Å². The first-order valence-electron chi connectivity index (χ1n) is 7.77. The van der Waals surface area contributed by atoms with Gasteiger partial charge in [0.25, 0.3) is 0 Å². The first kappa shape index (κ1) is 17.8. The molecule has 0 radical (unpaired) electrons. The van der Waals surface area contributed by atoms with Gasteiger partial charge in [-0.1, -0.05) is 20.8 Å². The zero-order valence-electron chi connectivity index (χ0n) is 13.4. The van der Waals surface area contributed by atoms with E-state index in [1.54, 1.807) is 22.5 Å². The van der Waals surface area contributed by atoms with Crippen LogP contribution in [0.1, 0.15) is 33.6 Å². The molecule has 2 unspecified atom stereocenters. The highest BCUT2D eigenvalue weighted by Crippen LogP contribution is 2.31. The summed E-state index contributed by atoms with van der Waals surface area (Å²) < 4.78 is 33.8. The Morgan fingerprint density at radius 3 is 2.50 bits per heavy atom. The summed E-state index contributed by atoms with van der Waals surface area (Å²) in [5.41, 5.74) is 0. The van der Waals surface area contributed by atoms with Crippen molar-refractivity contribution in [1.82, 2.24) is 4.31 Å². The van der Waals surface area contributed by atoms with Crippen LogP contribution in [-0.4, -0.2) is 32.4 Å². The number of hydrogen-bond acceptors (Lipinski definition) is 3. The summed E-state index contributed by atoms with van der Waals surface area (Å²) in [4.78, 5) is 0.308. The molecule has 6 heteroatoms. The number of sulfonamides is 1. The van der Waals surface area contributed by atoms with Gasteiger partial charge in [-0.15, -0.1) is 0 Å². The topological polar surface area (TPSA) is 46.6 Å². The van der Waals surface area contributed by atoms with E-state index < -0.39 is 10.0 Å². The zero-order chi connectivity index (χ0) is 16.3.